The van der Waals surface area contributed by atoms with Crippen molar-refractivity contribution < 1.29 is 19.1 Å². The van der Waals surface area contributed by atoms with Gasteiger partial charge in [-0.1, -0.05) is 35.9 Å². The summed E-state index contributed by atoms with van der Waals surface area (Å²) in [6.07, 6.45) is 0.972. The molecule has 0 bridgehead atoms. The van der Waals surface area contributed by atoms with Gasteiger partial charge >= 0.3 is 0 Å². The summed E-state index contributed by atoms with van der Waals surface area (Å²) in [5.41, 5.74) is 1.24. The van der Waals surface area contributed by atoms with Crippen molar-refractivity contribution in [2.75, 3.05) is 18.4 Å². The van der Waals surface area contributed by atoms with Crippen LogP contribution in [0.5, 0.6) is 0 Å². The molecule has 0 aliphatic carbocycles. The number of para-hydroxylation sites is 1. The van der Waals surface area contributed by atoms with E-state index < -0.39 is 17.8 Å². The predicted octanol–water partition coefficient (Wildman–Crippen LogP) is 3.80. The number of aliphatic hydroxyl groups excluding tert-OH is 1. The molecule has 35 heavy (non-hydrogen) atoms. The maximum atomic E-state index is 14.6. The Morgan fingerprint density at radius 1 is 1.06 bits per heavy atom. The molecule has 0 saturated carbocycles. The van der Waals surface area contributed by atoms with Crippen molar-refractivity contribution in [3.05, 3.63) is 95.0 Å². The summed E-state index contributed by atoms with van der Waals surface area (Å²) < 4.78 is 16.0. The lowest BCUT2D eigenvalue weighted by atomic mass is 10.1. The average molecular weight is 492 g/mol. The maximum absolute atomic E-state index is 14.6. The van der Waals surface area contributed by atoms with Crippen LogP contribution in [0.25, 0.3) is 16.9 Å². The van der Waals surface area contributed by atoms with Crippen LogP contribution in [0, 0.1) is 5.82 Å². The smallest absolute Gasteiger partial charge is 0.274 e. The number of β-amino-alcohol motifs (C(OH)–C–C–N with tert-alkyl or cyclic N) is 1. The van der Waals surface area contributed by atoms with Gasteiger partial charge in [-0.05, 0) is 36.4 Å². The van der Waals surface area contributed by atoms with E-state index in [0.29, 0.717) is 11.4 Å². The number of anilines is 1. The highest BCUT2D eigenvalue weighted by molar-refractivity contribution is 6.34. The van der Waals surface area contributed by atoms with Crippen molar-refractivity contribution in [2.45, 2.75) is 6.10 Å². The minimum atomic E-state index is -0.609. The zero-order chi connectivity index (χ0) is 24.5. The van der Waals surface area contributed by atoms with E-state index in [1.165, 1.54) is 27.9 Å². The fraction of sp³-hybridized carbons (Fsp3) is 0.120. The molecule has 1 aliphatic heterocycles. The third kappa shape index (κ3) is 4.51. The molecule has 0 radical (unpaired) electrons. The minimum Gasteiger partial charge on any atom is -0.389 e. The topological polar surface area (TPSA) is 100 Å². The first-order chi connectivity index (χ1) is 16.9. The normalized spacial score (nSPS) is 13.4. The molecule has 2 aromatic heterocycles. The molecule has 0 spiro atoms. The number of hydrogen-bond acceptors (Lipinski definition) is 5. The molecule has 0 atom stereocenters. The number of carbonyl (C=O) groups is 2. The van der Waals surface area contributed by atoms with E-state index >= 15 is 0 Å². The maximum Gasteiger partial charge on any atom is 0.274 e. The fourth-order valence-corrected chi connectivity index (χ4v) is 3.99. The summed E-state index contributed by atoms with van der Waals surface area (Å²) in [5.74, 6) is -1.35. The second-order valence-corrected chi connectivity index (χ2v) is 8.41. The van der Waals surface area contributed by atoms with Gasteiger partial charge in [-0.15, -0.1) is 0 Å². The van der Waals surface area contributed by atoms with E-state index in [1.807, 2.05) is 6.07 Å². The Kier molecular flexibility index (Phi) is 6.02. The van der Waals surface area contributed by atoms with Gasteiger partial charge in [-0.25, -0.2) is 9.07 Å². The van der Waals surface area contributed by atoms with Gasteiger partial charge in [0.15, 0.2) is 5.69 Å². The lowest BCUT2D eigenvalue weighted by Gasteiger charge is -2.35. The van der Waals surface area contributed by atoms with E-state index in [2.05, 4.69) is 15.4 Å². The van der Waals surface area contributed by atoms with Gasteiger partial charge in [-0.2, -0.15) is 5.10 Å². The van der Waals surface area contributed by atoms with Crippen LogP contribution in [0.4, 0.5) is 10.2 Å². The number of nitrogens with one attached hydrogen (secondary N) is 1. The zero-order valence-corrected chi connectivity index (χ0v) is 19.0. The Labute approximate surface area is 204 Å². The van der Waals surface area contributed by atoms with Crippen LogP contribution in [0.3, 0.4) is 0 Å². The quantitative estimate of drug-likeness (QED) is 0.442. The first-order valence-electron chi connectivity index (χ1n) is 10.8. The molecule has 176 valence electrons. The van der Waals surface area contributed by atoms with Crippen LogP contribution in [0.1, 0.15) is 20.8 Å². The van der Waals surface area contributed by atoms with Gasteiger partial charge < -0.3 is 15.3 Å². The third-order valence-corrected chi connectivity index (χ3v) is 5.88. The first-order valence-corrected chi connectivity index (χ1v) is 11.1. The van der Waals surface area contributed by atoms with E-state index in [-0.39, 0.29) is 46.7 Å². The molecule has 2 aromatic carbocycles. The number of aromatic nitrogens is 3. The van der Waals surface area contributed by atoms with Crippen molar-refractivity contribution in [3.8, 4) is 16.9 Å². The zero-order valence-electron chi connectivity index (χ0n) is 18.2. The number of rotatable bonds is 5. The summed E-state index contributed by atoms with van der Waals surface area (Å²) in [6.45, 7) is 0.445. The Morgan fingerprint density at radius 3 is 2.49 bits per heavy atom. The van der Waals surface area contributed by atoms with E-state index in [4.69, 9.17) is 11.6 Å². The molecule has 3 heterocycles. The summed E-state index contributed by atoms with van der Waals surface area (Å²) in [4.78, 5) is 31.6. The fourth-order valence-electron chi connectivity index (χ4n) is 3.75. The monoisotopic (exact) mass is 491 g/mol. The highest BCUT2D eigenvalue weighted by atomic mass is 35.5. The standard InChI is InChI=1S/C25H19ClFN5O3/c26-19-11-20(27)18(21-8-4-5-9-28-21)10-17(19)24(34)29-23-12-22(25(35)31-13-16(33)14-31)30-32(23)15-6-2-1-3-7-15/h1-12,16,33H,13-14H2,(H,29,34). The lowest BCUT2D eigenvalue weighted by molar-refractivity contribution is 0.00547. The number of nitrogens with zero attached hydrogens (tertiary/aromatic N) is 4. The van der Waals surface area contributed by atoms with Gasteiger partial charge in [0.25, 0.3) is 11.8 Å². The summed E-state index contributed by atoms with van der Waals surface area (Å²) in [5, 5.41) is 16.6. The van der Waals surface area contributed by atoms with E-state index in [0.717, 1.165) is 6.07 Å². The Hall–Kier alpha value is -4.08. The summed E-state index contributed by atoms with van der Waals surface area (Å²) in [7, 11) is 0. The minimum absolute atomic E-state index is 0.0354. The number of likely N-dealkylation sites (tertiary alicyclic amines) is 1. The summed E-state index contributed by atoms with van der Waals surface area (Å²) in [6, 6.07) is 17.9. The van der Waals surface area contributed by atoms with Crippen molar-refractivity contribution in [3.63, 3.8) is 0 Å². The number of aliphatic hydroxyl groups is 1. The molecular formula is C25H19ClFN5O3. The van der Waals surface area contributed by atoms with Crippen LogP contribution in [0.15, 0.2) is 72.9 Å². The number of pyridine rings is 1. The SMILES string of the molecule is O=C(Nc1cc(C(=O)N2CC(O)C2)nn1-c1ccccc1)c1cc(-c2ccccn2)c(F)cc1Cl. The lowest BCUT2D eigenvalue weighted by Crippen LogP contribution is -2.53. The third-order valence-electron chi connectivity index (χ3n) is 5.56. The van der Waals surface area contributed by atoms with E-state index in [1.54, 1.807) is 42.5 Å². The van der Waals surface area contributed by atoms with Crippen molar-refractivity contribution in [1.29, 1.82) is 0 Å². The van der Waals surface area contributed by atoms with Crippen LogP contribution in [0.2, 0.25) is 5.02 Å². The molecule has 1 fully saturated rings. The van der Waals surface area contributed by atoms with Gasteiger partial charge in [0.2, 0.25) is 0 Å². The largest absolute Gasteiger partial charge is 0.389 e. The predicted molar refractivity (Wildman–Crippen MR) is 128 cm³/mol. The number of halogens is 2. The highest BCUT2D eigenvalue weighted by Gasteiger charge is 2.31. The van der Waals surface area contributed by atoms with Gasteiger partial charge in [0, 0.05) is 30.9 Å². The van der Waals surface area contributed by atoms with Crippen LogP contribution >= 0.6 is 11.6 Å². The molecule has 8 nitrogen and oxygen atoms in total. The number of amides is 2. The van der Waals surface area contributed by atoms with Crippen molar-refractivity contribution in [2.24, 2.45) is 0 Å². The van der Waals surface area contributed by atoms with Crippen LogP contribution in [-0.4, -0.2) is 55.8 Å². The van der Waals surface area contributed by atoms with E-state index in [9.17, 15) is 19.1 Å². The van der Waals surface area contributed by atoms with Gasteiger partial charge in [0.05, 0.1) is 28.1 Å². The Bertz CT molecular complexity index is 1410. The molecule has 1 aliphatic rings. The second-order valence-electron chi connectivity index (χ2n) is 8.01. The van der Waals surface area contributed by atoms with Crippen molar-refractivity contribution in [1.82, 2.24) is 19.7 Å². The Morgan fingerprint density at radius 2 is 1.80 bits per heavy atom. The molecule has 5 rings (SSSR count). The molecular weight excluding hydrogens is 473 g/mol. The van der Waals surface area contributed by atoms with Crippen molar-refractivity contribution >= 4 is 29.2 Å². The molecule has 2 N–H and O–H groups in total. The second kappa shape index (κ2) is 9.28. The molecule has 2 amide bonds. The van der Waals surface area contributed by atoms with Crippen LogP contribution in [-0.2, 0) is 0 Å². The number of carbonyl (C=O) groups excluding carboxylic acids is 2. The average Bonchev–Trinajstić information content (AvgIpc) is 3.26. The highest BCUT2D eigenvalue weighted by Crippen LogP contribution is 2.29. The molecule has 0 unspecified atom stereocenters. The molecule has 4 aromatic rings. The summed E-state index contributed by atoms with van der Waals surface area (Å²) >= 11 is 6.22. The Balaban J connectivity index is 1.50. The first kappa shape index (κ1) is 22.7. The van der Waals surface area contributed by atoms with Gasteiger partial charge in [-0.3, -0.25) is 14.6 Å². The molecule has 10 heteroatoms. The number of hydrogen-bond donors (Lipinski definition) is 2. The van der Waals surface area contributed by atoms with Gasteiger partial charge in [0.1, 0.15) is 11.6 Å². The van der Waals surface area contributed by atoms with Crippen LogP contribution < -0.4 is 5.32 Å². The number of benzene rings is 2. The molecule has 1 saturated heterocycles.